The second-order valence-electron chi connectivity index (χ2n) is 10.4. The van der Waals surface area contributed by atoms with Gasteiger partial charge in [-0.25, -0.2) is 14.1 Å². The quantitative estimate of drug-likeness (QED) is 0.376. The largest absolute Gasteiger partial charge is 0.332 e. The third kappa shape index (κ3) is 3.28. The molecule has 5 amide bonds. The fourth-order valence-electron chi connectivity index (χ4n) is 7.11. The summed E-state index contributed by atoms with van der Waals surface area (Å²) in [6.45, 7) is 1.79. The van der Waals surface area contributed by atoms with E-state index in [-0.39, 0.29) is 24.3 Å². The van der Waals surface area contributed by atoms with Gasteiger partial charge in [-0.15, -0.1) is 0 Å². The van der Waals surface area contributed by atoms with Crippen molar-refractivity contribution in [1.82, 2.24) is 9.80 Å². The standard InChI is InChI=1S/C28H27BrFN3O4/c1-2-28-22-21(24(34)31(25(22)35)19-8-4-3-5-9-19)23(16-11-13-18(30)14-12-16)33(28)27(37)32(26(28)36)20-10-6-7-17(29)15-20/h6-7,10-15,19,21-23H,2-5,8-9H2,1H3/t21?,22?,23?,28-/m1/s1. The Bertz CT molecular complexity index is 1310. The Morgan fingerprint density at radius 2 is 1.68 bits per heavy atom. The Labute approximate surface area is 222 Å². The Morgan fingerprint density at radius 3 is 2.32 bits per heavy atom. The molecule has 4 fully saturated rings. The molecular weight excluding hydrogens is 541 g/mol. The van der Waals surface area contributed by atoms with Crippen LogP contribution in [0.15, 0.2) is 53.0 Å². The van der Waals surface area contributed by atoms with Crippen molar-refractivity contribution in [2.45, 2.75) is 63.1 Å². The van der Waals surface area contributed by atoms with Gasteiger partial charge in [0.2, 0.25) is 11.8 Å². The Hall–Kier alpha value is -3.07. The minimum absolute atomic E-state index is 0.179. The zero-order chi connectivity index (χ0) is 26.1. The van der Waals surface area contributed by atoms with Crippen molar-refractivity contribution in [3.63, 3.8) is 0 Å². The number of fused-ring (bicyclic) bond motifs is 3. The van der Waals surface area contributed by atoms with Gasteiger partial charge in [-0.2, -0.15) is 0 Å². The minimum atomic E-state index is -1.50. The fourth-order valence-corrected chi connectivity index (χ4v) is 7.49. The predicted molar refractivity (Wildman–Crippen MR) is 137 cm³/mol. The number of anilines is 1. The monoisotopic (exact) mass is 567 g/mol. The van der Waals surface area contributed by atoms with Crippen LogP contribution >= 0.6 is 15.9 Å². The average Bonchev–Trinajstić information content (AvgIpc) is 3.43. The van der Waals surface area contributed by atoms with Crippen LogP contribution in [0.25, 0.3) is 0 Å². The van der Waals surface area contributed by atoms with Crippen LogP contribution in [0.2, 0.25) is 0 Å². The van der Waals surface area contributed by atoms with Crippen molar-refractivity contribution in [1.29, 1.82) is 0 Å². The van der Waals surface area contributed by atoms with Gasteiger partial charge < -0.3 is 4.90 Å². The lowest BCUT2D eigenvalue weighted by atomic mass is 9.77. The van der Waals surface area contributed by atoms with E-state index in [2.05, 4.69) is 15.9 Å². The van der Waals surface area contributed by atoms with E-state index >= 15 is 0 Å². The summed E-state index contributed by atoms with van der Waals surface area (Å²) >= 11 is 3.41. The van der Waals surface area contributed by atoms with Gasteiger partial charge in [0, 0.05) is 10.5 Å². The normalized spacial score (nSPS) is 29.9. The van der Waals surface area contributed by atoms with E-state index in [0.717, 1.165) is 37.0 Å². The summed E-state index contributed by atoms with van der Waals surface area (Å²) in [7, 11) is 0. The molecule has 7 nitrogen and oxygen atoms in total. The number of carbonyl (C=O) groups excluding carboxylic acids is 4. The lowest BCUT2D eigenvalue weighted by Gasteiger charge is -2.37. The summed E-state index contributed by atoms with van der Waals surface area (Å²) in [4.78, 5) is 60.4. The number of benzene rings is 2. The molecule has 0 bridgehead atoms. The molecule has 0 N–H and O–H groups in total. The molecule has 37 heavy (non-hydrogen) atoms. The predicted octanol–water partition coefficient (Wildman–Crippen LogP) is 5.19. The van der Waals surface area contributed by atoms with Crippen LogP contribution < -0.4 is 4.90 Å². The van der Waals surface area contributed by atoms with Crippen molar-refractivity contribution >= 4 is 45.4 Å². The van der Waals surface area contributed by atoms with E-state index in [1.54, 1.807) is 43.3 Å². The number of carbonyl (C=O) groups is 4. The number of hydrogen-bond donors (Lipinski definition) is 0. The van der Waals surface area contributed by atoms with Crippen LogP contribution in [0.3, 0.4) is 0 Å². The summed E-state index contributed by atoms with van der Waals surface area (Å²) in [6.07, 6.45) is 4.63. The maximum Gasteiger partial charge on any atom is 0.332 e. The number of likely N-dealkylation sites (tertiary alicyclic amines) is 1. The lowest BCUT2D eigenvalue weighted by molar-refractivity contribution is -0.147. The molecule has 0 spiro atoms. The van der Waals surface area contributed by atoms with Gasteiger partial charge in [-0.05, 0) is 55.2 Å². The van der Waals surface area contributed by atoms with Gasteiger partial charge in [-0.3, -0.25) is 19.3 Å². The zero-order valence-corrected chi connectivity index (χ0v) is 22.0. The van der Waals surface area contributed by atoms with Crippen LogP contribution in [-0.2, 0) is 14.4 Å². The molecule has 2 aromatic carbocycles. The van der Waals surface area contributed by atoms with Gasteiger partial charge in [0.15, 0.2) is 0 Å². The number of rotatable bonds is 4. The van der Waals surface area contributed by atoms with Crippen LogP contribution in [0.5, 0.6) is 0 Å². The number of urea groups is 1. The molecule has 3 saturated heterocycles. The molecule has 0 radical (unpaired) electrons. The first kappa shape index (κ1) is 24.3. The van der Waals surface area contributed by atoms with E-state index < -0.39 is 41.2 Å². The van der Waals surface area contributed by atoms with Crippen molar-refractivity contribution in [3.8, 4) is 0 Å². The molecule has 2 aromatic rings. The van der Waals surface area contributed by atoms with E-state index in [0.29, 0.717) is 15.7 Å². The molecule has 1 saturated carbocycles. The molecule has 4 aliphatic rings. The second-order valence-corrected chi connectivity index (χ2v) is 11.3. The first-order valence-electron chi connectivity index (χ1n) is 12.9. The highest BCUT2D eigenvalue weighted by atomic mass is 79.9. The van der Waals surface area contributed by atoms with E-state index in [4.69, 9.17) is 0 Å². The van der Waals surface area contributed by atoms with Gasteiger partial charge in [-0.1, -0.05) is 60.3 Å². The zero-order valence-electron chi connectivity index (χ0n) is 20.4. The van der Waals surface area contributed by atoms with Gasteiger partial charge in [0.25, 0.3) is 5.91 Å². The minimum Gasteiger partial charge on any atom is -0.300 e. The molecule has 192 valence electrons. The first-order chi connectivity index (χ1) is 17.8. The van der Waals surface area contributed by atoms with Gasteiger partial charge >= 0.3 is 6.03 Å². The van der Waals surface area contributed by atoms with Gasteiger partial charge in [0.05, 0.1) is 23.6 Å². The topological polar surface area (TPSA) is 78.0 Å². The molecule has 0 aromatic heterocycles. The summed E-state index contributed by atoms with van der Waals surface area (Å²) in [5.74, 6) is -3.52. The number of halogens is 2. The number of amides is 5. The van der Waals surface area contributed by atoms with Crippen molar-refractivity contribution in [2.75, 3.05) is 4.90 Å². The van der Waals surface area contributed by atoms with Crippen molar-refractivity contribution < 1.29 is 23.6 Å². The first-order valence-corrected chi connectivity index (χ1v) is 13.7. The van der Waals surface area contributed by atoms with Gasteiger partial charge in [0.1, 0.15) is 11.4 Å². The Morgan fingerprint density at radius 1 is 0.973 bits per heavy atom. The highest BCUT2D eigenvalue weighted by molar-refractivity contribution is 9.10. The maximum absolute atomic E-state index is 14.3. The molecule has 3 aliphatic heterocycles. The van der Waals surface area contributed by atoms with Crippen LogP contribution in [-0.4, -0.2) is 45.1 Å². The molecule has 6 rings (SSSR count). The number of nitrogens with zero attached hydrogens (tertiary/aromatic N) is 3. The SMILES string of the molecule is CC[C@@]12C(=O)N(c3cccc(Br)c3)C(=O)N1C(c1ccc(F)cc1)C1C(=O)N(C3CCCCC3)C(=O)C12. The van der Waals surface area contributed by atoms with E-state index in [1.165, 1.54) is 21.9 Å². The third-order valence-corrected chi connectivity index (χ3v) is 9.17. The second kappa shape index (κ2) is 8.75. The number of imide groups is 2. The molecule has 9 heteroatoms. The summed E-state index contributed by atoms with van der Waals surface area (Å²) < 4.78 is 14.6. The molecule has 4 atom stereocenters. The lowest BCUT2D eigenvalue weighted by Crippen LogP contribution is -2.54. The molecular formula is C28H27BrFN3O4. The highest BCUT2D eigenvalue weighted by Crippen LogP contribution is 2.60. The molecule has 1 aliphatic carbocycles. The summed E-state index contributed by atoms with van der Waals surface area (Å²) in [5.41, 5.74) is -0.572. The van der Waals surface area contributed by atoms with Crippen LogP contribution in [0.1, 0.15) is 57.1 Å². The Balaban J connectivity index is 1.53. The Kier molecular flexibility index (Phi) is 5.74. The van der Waals surface area contributed by atoms with Crippen LogP contribution in [0.4, 0.5) is 14.9 Å². The smallest absolute Gasteiger partial charge is 0.300 e. The van der Waals surface area contributed by atoms with E-state index in [1.807, 2.05) is 0 Å². The summed E-state index contributed by atoms with van der Waals surface area (Å²) in [5, 5.41) is 0. The molecule has 3 unspecified atom stereocenters. The van der Waals surface area contributed by atoms with Crippen molar-refractivity contribution in [2.24, 2.45) is 11.8 Å². The van der Waals surface area contributed by atoms with Crippen LogP contribution in [0, 0.1) is 17.7 Å². The highest BCUT2D eigenvalue weighted by Gasteiger charge is 2.77. The van der Waals surface area contributed by atoms with Crippen molar-refractivity contribution in [3.05, 3.63) is 64.4 Å². The molecule has 3 heterocycles. The summed E-state index contributed by atoms with van der Waals surface area (Å²) in [6, 6.07) is 10.9. The maximum atomic E-state index is 14.3. The fraction of sp³-hybridized carbons (Fsp3) is 0.429. The van der Waals surface area contributed by atoms with E-state index in [9.17, 15) is 23.6 Å². The number of hydrogen-bond acceptors (Lipinski definition) is 4. The third-order valence-electron chi connectivity index (χ3n) is 8.68. The average molecular weight is 568 g/mol.